The zero-order valence-corrected chi connectivity index (χ0v) is 12.5. The highest BCUT2D eigenvalue weighted by molar-refractivity contribution is 4.77. The van der Waals surface area contributed by atoms with Crippen LogP contribution in [0.3, 0.4) is 0 Å². The first-order valence-corrected chi connectivity index (χ1v) is 7.47. The summed E-state index contributed by atoms with van der Waals surface area (Å²) in [7, 11) is 1.72. The van der Waals surface area contributed by atoms with Crippen molar-refractivity contribution in [2.24, 2.45) is 0 Å². The molecular weight excluding hydrogens is 244 g/mol. The summed E-state index contributed by atoms with van der Waals surface area (Å²) in [5, 5.41) is 3.47. The number of morpholine rings is 1. The Morgan fingerprint density at radius 1 is 1.32 bits per heavy atom. The topological polar surface area (TPSA) is 43.0 Å². The van der Waals surface area contributed by atoms with Crippen molar-refractivity contribution in [2.45, 2.75) is 25.8 Å². The Labute approximate surface area is 117 Å². The molecule has 0 bridgehead atoms. The third-order valence-corrected chi connectivity index (χ3v) is 3.32. The number of nitrogens with zero attached hydrogens (tertiary/aromatic N) is 1. The van der Waals surface area contributed by atoms with Gasteiger partial charge in [0.05, 0.1) is 19.8 Å². The van der Waals surface area contributed by atoms with E-state index in [1.54, 1.807) is 7.11 Å². The van der Waals surface area contributed by atoms with Crippen LogP contribution in [0.15, 0.2) is 0 Å². The minimum atomic E-state index is 0.489. The molecule has 1 aliphatic rings. The zero-order chi connectivity index (χ0) is 13.8. The maximum absolute atomic E-state index is 5.63. The Balaban J connectivity index is 2.09. The molecule has 19 heavy (non-hydrogen) atoms. The Hall–Kier alpha value is -0.200. The molecule has 1 aliphatic heterocycles. The Kier molecular flexibility index (Phi) is 10.3. The highest BCUT2D eigenvalue weighted by Crippen LogP contribution is 2.05. The van der Waals surface area contributed by atoms with Gasteiger partial charge in [-0.15, -0.1) is 0 Å². The second kappa shape index (κ2) is 11.6. The smallest absolute Gasteiger partial charge is 0.0634 e. The monoisotopic (exact) mass is 274 g/mol. The van der Waals surface area contributed by atoms with Crippen LogP contribution in [0.4, 0.5) is 0 Å². The average molecular weight is 274 g/mol. The van der Waals surface area contributed by atoms with E-state index in [2.05, 4.69) is 17.1 Å². The number of methoxy groups -OCH3 is 1. The molecule has 114 valence electrons. The van der Waals surface area contributed by atoms with Crippen molar-refractivity contribution in [1.82, 2.24) is 10.2 Å². The molecule has 1 heterocycles. The van der Waals surface area contributed by atoms with Crippen molar-refractivity contribution in [3.8, 4) is 0 Å². The van der Waals surface area contributed by atoms with Crippen LogP contribution < -0.4 is 5.32 Å². The number of rotatable bonds is 11. The minimum absolute atomic E-state index is 0.489. The molecule has 0 amide bonds. The molecule has 1 rings (SSSR count). The first-order valence-electron chi connectivity index (χ1n) is 7.47. The van der Waals surface area contributed by atoms with Crippen LogP contribution in [0, 0.1) is 0 Å². The first kappa shape index (κ1) is 16.9. The maximum atomic E-state index is 5.63. The molecule has 1 unspecified atom stereocenters. The molecule has 0 saturated carbocycles. The lowest BCUT2D eigenvalue weighted by Crippen LogP contribution is -2.51. The second-order valence-corrected chi connectivity index (χ2v) is 4.93. The maximum Gasteiger partial charge on any atom is 0.0634 e. The predicted molar refractivity (Wildman–Crippen MR) is 76.7 cm³/mol. The molecule has 1 atom stereocenters. The van der Waals surface area contributed by atoms with E-state index in [4.69, 9.17) is 14.2 Å². The fraction of sp³-hybridized carbons (Fsp3) is 1.00. The fourth-order valence-corrected chi connectivity index (χ4v) is 2.21. The lowest BCUT2D eigenvalue weighted by atomic mass is 10.2. The van der Waals surface area contributed by atoms with Crippen molar-refractivity contribution in [3.05, 3.63) is 0 Å². The normalized spacial score (nSPS) is 20.8. The molecular formula is C14H30N2O3. The molecule has 0 radical (unpaired) electrons. The van der Waals surface area contributed by atoms with Gasteiger partial charge in [0.25, 0.3) is 0 Å². The second-order valence-electron chi connectivity index (χ2n) is 4.93. The van der Waals surface area contributed by atoms with Crippen molar-refractivity contribution < 1.29 is 14.2 Å². The van der Waals surface area contributed by atoms with Gasteiger partial charge in [0.2, 0.25) is 0 Å². The minimum Gasteiger partial charge on any atom is -0.385 e. The summed E-state index contributed by atoms with van der Waals surface area (Å²) in [5.74, 6) is 0. The highest BCUT2D eigenvalue weighted by atomic mass is 16.5. The van der Waals surface area contributed by atoms with Crippen LogP contribution in [-0.4, -0.2) is 77.3 Å². The summed E-state index contributed by atoms with van der Waals surface area (Å²) in [5.41, 5.74) is 0. The molecule has 0 spiro atoms. The summed E-state index contributed by atoms with van der Waals surface area (Å²) in [6.45, 7) is 10.3. The van der Waals surface area contributed by atoms with E-state index in [1.807, 2.05) is 0 Å². The standard InChI is InChI=1S/C14H30N2O3/c1-3-5-15-12-14-13-19-11-7-16(14)6-10-18-9-4-8-17-2/h14-15H,3-13H2,1-2H3. The van der Waals surface area contributed by atoms with Crippen molar-refractivity contribution in [2.75, 3.05) is 66.3 Å². The number of hydrogen-bond acceptors (Lipinski definition) is 5. The lowest BCUT2D eigenvalue weighted by Gasteiger charge is -2.35. The summed E-state index contributed by atoms with van der Waals surface area (Å²) in [4.78, 5) is 2.47. The van der Waals surface area contributed by atoms with Gasteiger partial charge in [0.1, 0.15) is 0 Å². The summed E-state index contributed by atoms with van der Waals surface area (Å²) in [6, 6.07) is 0.489. The van der Waals surface area contributed by atoms with E-state index in [-0.39, 0.29) is 0 Å². The molecule has 1 fully saturated rings. The summed E-state index contributed by atoms with van der Waals surface area (Å²) in [6.07, 6.45) is 2.15. The van der Waals surface area contributed by atoms with E-state index in [9.17, 15) is 0 Å². The molecule has 5 nitrogen and oxygen atoms in total. The number of nitrogens with one attached hydrogen (secondary N) is 1. The van der Waals surface area contributed by atoms with Crippen molar-refractivity contribution in [1.29, 1.82) is 0 Å². The van der Waals surface area contributed by atoms with Gasteiger partial charge in [-0.05, 0) is 19.4 Å². The van der Waals surface area contributed by atoms with E-state index in [0.717, 1.165) is 65.6 Å². The van der Waals surface area contributed by atoms with E-state index < -0.39 is 0 Å². The SMILES string of the molecule is CCCNCC1COCCN1CCOCCCOC. The van der Waals surface area contributed by atoms with Gasteiger partial charge in [-0.25, -0.2) is 0 Å². The Morgan fingerprint density at radius 2 is 2.21 bits per heavy atom. The van der Waals surface area contributed by atoms with Crippen LogP contribution in [0.1, 0.15) is 19.8 Å². The van der Waals surface area contributed by atoms with Gasteiger partial charge in [-0.3, -0.25) is 4.90 Å². The Bertz CT molecular complexity index is 205. The van der Waals surface area contributed by atoms with E-state index in [0.29, 0.717) is 6.04 Å². The van der Waals surface area contributed by atoms with Crippen molar-refractivity contribution >= 4 is 0 Å². The molecule has 0 aliphatic carbocycles. The van der Waals surface area contributed by atoms with Gasteiger partial charge in [0.15, 0.2) is 0 Å². The average Bonchev–Trinajstić information content (AvgIpc) is 2.44. The first-order chi connectivity index (χ1) is 9.38. The van der Waals surface area contributed by atoms with Gasteiger partial charge >= 0.3 is 0 Å². The molecule has 0 aromatic rings. The quantitative estimate of drug-likeness (QED) is 0.563. The van der Waals surface area contributed by atoms with E-state index in [1.165, 1.54) is 6.42 Å². The number of ether oxygens (including phenoxy) is 3. The third-order valence-electron chi connectivity index (χ3n) is 3.32. The molecule has 0 aromatic heterocycles. The van der Waals surface area contributed by atoms with Gasteiger partial charge in [0, 0.05) is 46.0 Å². The molecule has 1 saturated heterocycles. The highest BCUT2D eigenvalue weighted by Gasteiger charge is 2.21. The van der Waals surface area contributed by atoms with Gasteiger partial charge < -0.3 is 19.5 Å². The molecule has 1 N–H and O–H groups in total. The molecule has 5 heteroatoms. The fourth-order valence-electron chi connectivity index (χ4n) is 2.21. The van der Waals surface area contributed by atoms with Crippen LogP contribution in [0.25, 0.3) is 0 Å². The Morgan fingerprint density at radius 3 is 3.00 bits per heavy atom. The van der Waals surface area contributed by atoms with Crippen LogP contribution in [0.5, 0.6) is 0 Å². The number of hydrogen-bond donors (Lipinski definition) is 1. The van der Waals surface area contributed by atoms with Gasteiger partial charge in [-0.1, -0.05) is 6.92 Å². The summed E-state index contributed by atoms with van der Waals surface area (Å²) < 4.78 is 16.2. The lowest BCUT2D eigenvalue weighted by molar-refractivity contribution is -0.0204. The van der Waals surface area contributed by atoms with Crippen LogP contribution in [-0.2, 0) is 14.2 Å². The van der Waals surface area contributed by atoms with Crippen LogP contribution >= 0.6 is 0 Å². The van der Waals surface area contributed by atoms with Crippen molar-refractivity contribution in [3.63, 3.8) is 0 Å². The zero-order valence-electron chi connectivity index (χ0n) is 12.5. The van der Waals surface area contributed by atoms with Crippen LogP contribution in [0.2, 0.25) is 0 Å². The van der Waals surface area contributed by atoms with E-state index >= 15 is 0 Å². The molecule has 0 aromatic carbocycles. The predicted octanol–water partition coefficient (Wildman–Crippen LogP) is 0.740. The largest absolute Gasteiger partial charge is 0.385 e. The summed E-state index contributed by atoms with van der Waals surface area (Å²) >= 11 is 0. The van der Waals surface area contributed by atoms with Gasteiger partial charge in [-0.2, -0.15) is 0 Å². The third kappa shape index (κ3) is 7.84.